The van der Waals surface area contributed by atoms with Crippen LogP contribution in [0.2, 0.25) is 0 Å². The maximum atomic E-state index is 13.3. The summed E-state index contributed by atoms with van der Waals surface area (Å²) in [5.41, 5.74) is 11.7. The van der Waals surface area contributed by atoms with Crippen molar-refractivity contribution in [3.8, 4) is 0 Å². The number of carboxylic acids is 1. The summed E-state index contributed by atoms with van der Waals surface area (Å²) in [6.45, 7) is 7.26. The van der Waals surface area contributed by atoms with Gasteiger partial charge in [0.25, 0.3) is 0 Å². The Hall–Kier alpha value is -4.57. The molecule has 46 heavy (non-hydrogen) atoms. The van der Waals surface area contributed by atoms with E-state index in [0.717, 1.165) is 0 Å². The maximum Gasteiger partial charge on any atom is 0.326 e. The van der Waals surface area contributed by atoms with E-state index in [4.69, 9.17) is 11.5 Å². The van der Waals surface area contributed by atoms with Crippen LogP contribution in [0.15, 0.2) is 30.3 Å². The zero-order chi connectivity index (χ0) is 35.1. The van der Waals surface area contributed by atoms with Gasteiger partial charge < -0.3 is 48.3 Å². The zero-order valence-electron chi connectivity index (χ0n) is 26.7. The van der Waals surface area contributed by atoms with Crippen LogP contribution in [0, 0.1) is 11.8 Å². The molecule has 6 amide bonds. The number of hydrogen-bond acceptors (Lipinski definition) is 9. The Morgan fingerprint density at radius 3 is 1.83 bits per heavy atom. The molecule has 1 rings (SSSR count). The van der Waals surface area contributed by atoms with Crippen LogP contribution in [0.4, 0.5) is 0 Å². The standard InChI is InChI=1S/C30H47N7O9/c1-15(2)23(32)27(42)37-25(17(5)38)29(44)35-19(11-12-21(31)39)26(41)36-24(16(3)4)28(43)33-14-22(40)34-20(30(45)46)13-18-9-7-6-8-10-18/h6-10,15-17,19-20,23-25,38H,11-14,32H2,1-5H3,(H2,31,39)(H,33,43)(H,34,40)(H,35,44)(H,36,41)(H,37,42)(H,45,46)/t17-,19+,20+,23+,24+,25+/m1/s1. The topological polar surface area (TPSA) is 272 Å². The highest BCUT2D eigenvalue weighted by Gasteiger charge is 2.34. The van der Waals surface area contributed by atoms with E-state index in [1.54, 1.807) is 58.0 Å². The number of aliphatic hydroxyl groups is 1. The van der Waals surface area contributed by atoms with E-state index in [1.165, 1.54) is 6.92 Å². The van der Waals surface area contributed by atoms with Gasteiger partial charge in [-0.15, -0.1) is 0 Å². The monoisotopic (exact) mass is 649 g/mol. The molecule has 0 fully saturated rings. The number of amides is 6. The molecular weight excluding hydrogens is 602 g/mol. The Bertz CT molecular complexity index is 1220. The summed E-state index contributed by atoms with van der Waals surface area (Å²) in [7, 11) is 0. The Kier molecular flexibility index (Phi) is 16.3. The van der Waals surface area contributed by atoms with E-state index in [1.807, 2.05) is 0 Å². The highest BCUT2D eigenvalue weighted by Crippen LogP contribution is 2.08. The van der Waals surface area contributed by atoms with Gasteiger partial charge in [-0.1, -0.05) is 58.0 Å². The molecule has 6 atom stereocenters. The van der Waals surface area contributed by atoms with Crippen LogP contribution >= 0.6 is 0 Å². The summed E-state index contributed by atoms with van der Waals surface area (Å²) in [6.07, 6.45) is -1.97. The fourth-order valence-electron chi connectivity index (χ4n) is 4.14. The number of aliphatic carboxylic acids is 1. The molecule has 1 aromatic rings. The molecule has 0 aliphatic carbocycles. The summed E-state index contributed by atoms with van der Waals surface area (Å²) in [5, 5.41) is 31.6. The number of rotatable bonds is 19. The molecule has 0 radical (unpaired) electrons. The molecule has 0 bridgehead atoms. The second kappa shape index (κ2) is 19.1. The smallest absolute Gasteiger partial charge is 0.326 e. The van der Waals surface area contributed by atoms with Crippen molar-refractivity contribution in [2.24, 2.45) is 23.3 Å². The number of primary amides is 1. The summed E-state index contributed by atoms with van der Waals surface area (Å²) >= 11 is 0. The van der Waals surface area contributed by atoms with Crippen molar-refractivity contribution in [3.63, 3.8) is 0 Å². The van der Waals surface area contributed by atoms with Gasteiger partial charge in [0.05, 0.1) is 18.7 Å². The van der Waals surface area contributed by atoms with Crippen molar-refractivity contribution >= 4 is 41.4 Å². The number of aliphatic hydroxyl groups excluding tert-OH is 1. The number of nitrogens with one attached hydrogen (secondary N) is 5. The van der Waals surface area contributed by atoms with Crippen molar-refractivity contribution in [3.05, 3.63) is 35.9 Å². The van der Waals surface area contributed by atoms with Crippen LogP contribution in [0.25, 0.3) is 0 Å². The lowest BCUT2D eigenvalue weighted by atomic mass is 10.0. The largest absolute Gasteiger partial charge is 0.480 e. The van der Waals surface area contributed by atoms with E-state index >= 15 is 0 Å². The molecule has 0 aromatic heterocycles. The SMILES string of the molecule is CC(C)[C@H](N)C(=O)N[C@H](C(=O)N[C@@H](CCC(N)=O)C(=O)N[C@H](C(=O)NCC(=O)N[C@@H](Cc1ccccc1)C(=O)O)C(C)C)[C@@H](C)O. The first-order valence-corrected chi connectivity index (χ1v) is 14.9. The third-order valence-electron chi connectivity index (χ3n) is 6.98. The molecule has 11 N–H and O–H groups in total. The second-order valence-electron chi connectivity index (χ2n) is 11.7. The summed E-state index contributed by atoms with van der Waals surface area (Å²) in [6, 6.07) is 2.29. The predicted octanol–water partition coefficient (Wildman–Crippen LogP) is -2.35. The van der Waals surface area contributed by atoms with Crippen LogP contribution in [-0.2, 0) is 40.0 Å². The molecule has 0 heterocycles. The first-order valence-electron chi connectivity index (χ1n) is 14.9. The van der Waals surface area contributed by atoms with E-state index < -0.39 is 90.2 Å². The highest BCUT2D eigenvalue weighted by atomic mass is 16.4. The van der Waals surface area contributed by atoms with E-state index in [-0.39, 0.29) is 25.2 Å². The predicted molar refractivity (Wildman–Crippen MR) is 166 cm³/mol. The normalized spacial score (nSPS) is 15.0. The van der Waals surface area contributed by atoms with Gasteiger partial charge in [0.2, 0.25) is 35.4 Å². The average Bonchev–Trinajstić information content (AvgIpc) is 2.98. The lowest BCUT2D eigenvalue weighted by Crippen LogP contribution is -2.61. The van der Waals surface area contributed by atoms with Gasteiger partial charge >= 0.3 is 5.97 Å². The fraction of sp³-hybridized carbons (Fsp3) is 0.567. The number of carboxylic acid groups (broad SMARTS) is 1. The van der Waals surface area contributed by atoms with Crippen molar-refractivity contribution in [1.29, 1.82) is 0 Å². The summed E-state index contributed by atoms with van der Waals surface area (Å²) in [4.78, 5) is 87.4. The lowest BCUT2D eigenvalue weighted by Gasteiger charge is -2.28. The maximum absolute atomic E-state index is 13.3. The Labute approximate surface area is 267 Å². The fourth-order valence-corrected chi connectivity index (χ4v) is 4.14. The van der Waals surface area contributed by atoms with Gasteiger partial charge in [0, 0.05) is 12.8 Å². The first kappa shape index (κ1) is 39.5. The second-order valence-corrected chi connectivity index (χ2v) is 11.7. The quantitative estimate of drug-likeness (QED) is 0.0770. The average molecular weight is 650 g/mol. The van der Waals surface area contributed by atoms with E-state index in [9.17, 15) is 43.8 Å². The van der Waals surface area contributed by atoms with Crippen molar-refractivity contribution in [2.45, 2.75) is 90.2 Å². The van der Waals surface area contributed by atoms with Crippen molar-refractivity contribution < 1.29 is 43.8 Å². The van der Waals surface area contributed by atoms with Gasteiger partial charge in [-0.3, -0.25) is 28.8 Å². The molecule has 0 saturated carbocycles. The van der Waals surface area contributed by atoms with Gasteiger partial charge in [-0.25, -0.2) is 4.79 Å². The number of hydrogen-bond donors (Lipinski definition) is 9. The van der Waals surface area contributed by atoms with Crippen LogP contribution in [0.1, 0.15) is 53.0 Å². The lowest BCUT2D eigenvalue weighted by molar-refractivity contribution is -0.141. The molecular formula is C30H47N7O9. The number of carbonyl (C=O) groups excluding carboxylic acids is 6. The molecule has 16 nitrogen and oxygen atoms in total. The number of benzene rings is 1. The van der Waals surface area contributed by atoms with Crippen molar-refractivity contribution in [1.82, 2.24) is 26.6 Å². The molecule has 0 spiro atoms. The minimum atomic E-state index is -1.50. The summed E-state index contributed by atoms with van der Waals surface area (Å²) in [5.74, 6) is -6.91. The molecule has 0 aliphatic heterocycles. The molecule has 0 saturated heterocycles. The van der Waals surface area contributed by atoms with Gasteiger partial charge in [-0.05, 0) is 30.7 Å². The highest BCUT2D eigenvalue weighted by molar-refractivity contribution is 5.96. The third-order valence-corrected chi connectivity index (χ3v) is 6.98. The Balaban J connectivity index is 2.97. The minimum Gasteiger partial charge on any atom is -0.480 e. The third kappa shape index (κ3) is 13.6. The summed E-state index contributed by atoms with van der Waals surface area (Å²) < 4.78 is 0. The van der Waals surface area contributed by atoms with E-state index in [0.29, 0.717) is 5.56 Å². The Morgan fingerprint density at radius 1 is 0.739 bits per heavy atom. The molecule has 16 heteroatoms. The van der Waals surface area contributed by atoms with Gasteiger partial charge in [0.1, 0.15) is 24.2 Å². The minimum absolute atomic E-state index is 0.0169. The molecule has 256 valence electrons. The Morgan fingerprint density at radius 2 is 1.33 bits per heavy atom. The first-order chi connectivity index (χ1) is 21.4. The van der Waals surface area contributed by atoms with Gasteiger partial charge in [0.15, 0.2) is 0 Å². The van der Waals surface area contributed by atoms with Crippen LogP contribution in [-0.4, -0.2) is 94.5 Å². The number of nitrogens with two attached hydrogens (primary N) is 2. The molecule has 0 unspecified atom stereocenters. The van der Waals surface area contributed by atoms with Gasteiger partial charge in [-0.2, -0.15) is 0 Å². The van der Waals surface area contributed by atoms with Crippen LogP contribution < -0.4 is 38.1 Å². The zero-order valence-corrected chi connectivity index (χ0v) is 26.7. The van der Waals surface area contributed by atoms with Crippen LogP contribution in [0.5, 0.6) is 0 Å². The molecule has 1 aromatic carbocycles. The molecule has 0 aliphatic rings. The van der Waals surface area contributed by atoms with E-state index in [2.05, 4.69) is 26.6 Å². The van der Waals surface area contributed by atoms with Crippen molar-refractivity contribution in [2.75, 3.05) is 6.54 Å². The number of carbonyl (C=O) groups is 7. The van der Waals surface area contributed by atoms with Crippen LogP contribution in [0.3, 0.4) is 0 Å².